The summed E-state index contributed by atoms with van der Waals surface area (Å²) in [6.07, 6.45) is 4.69. The molecule has 2 aromatic carbocycles. The smallest absolute Gasteiger partial charge is 0.227 e. The number of amides is 1. The Labute approximate surface area is 223 Å². The molecule has 2 aliphatic heterocycles. The van der Waals surface area contributed by atoms with Crippen LogP contribution in [0.4, 0.5) is 10.1 Å². The number of ether oxygens (including phenoxy) is 1. The Bertz CT molecular complexity index is 1710. The van der Waals surface area contributed by atoms with Crippen LogP contribution in [0.2, 0.25) is 0 Å². The summed E-state index contributed by atoms with van der Waals surface area (Å²) in [7, 11) is 0. The molecule has 0 spiro atoms. The molecule has 1 N–H and O–H groups in total. The van der Waals surface area contributed by atoms with Crippen LogP contribution >= 0.6 is 0 Å². The van der Waals surface area contributed by atoms with E-state index in [9.17, 15) is 4.79 Å². The summed E-state index contributed by atoms with van der Waals surface area (Å²) in [4.78, 5) is 35.5. The average molecular weight is 521 g/mol. The van der Waals surface area contributed by atoms with Crippen molar-refractivity contribution in [1.82, 2.24) is 24.9 Å². The van der Waals surface area contributed by atoms with Crippen molar-refractivity contribution >= 4 is 22.9 Å². The number of anilines is 1. The zero-order valence-corrected chi connectivity index (χ0v) is 21.5. The van der Waals surface area contributed by atoms with Gasteiger partial charge in [-0.2, -0.15) is 0 Å². The molecule has 1 amide bonds. The lowest BCUT2D eigenvalue weighted by Crippen LogP contribution is -2.32. The van der Waals surface area contributed by atoms with E-state index in [-0.39, 0.29) is 17.6 Å². The second-order valence-corrected chi connectivity index (χ2v) is 10.5. The topological polar surface area (TPSA) is 96.9 Å². The first-order chi connectivity index (χ1) is 18.9. The van der Waals surface area contributed by atoms with Crippen molar-refractivity contribution in [3.63, 3.8) is 0 Å². The lowest BCUT2D eigenvalue weighted by molar-refractivity contribution is -0.117. The van der Waals surface area contributed by atoms with Crippen LogP contribution in [0.3, 0.4) is 0 Å². The summed E-state index contributed by atoms with van der Waals surface area (Å²) in [5.41, 5.74) is 4.52. The molecule has 1 unspecified atom stereocenters. The molecule has 194 valence electrons. The third kappa shape index (κ3) is 3.76. The fraction of sp³-hybridized carbons (Fsp3) is 0.233. The van der Waals surface area contributed by atoms with Crippen LogP contribution < -0.4 is 9.64 Å². The highest BCUT2D eigenvalue weighted by atomic mass is 19.1. The number of nitrogens with one attached hydrogen (secondary N) is 1. The number of benzene rings is 2. The number of imidazole rings is 1. The first-order valence-corrected chi connectivity index (χ1v) is 13.0. The maximum Gasteiger partial charge on any atom is 0.227 e. The zero-order valence-electron chi connectivity index (χ0n) is 21.5. The molecule has 5 aromatic rings. The number of pyridine rings is 1. The summed E-state index contributed by atoms with van der Waals surface area (Å²) in [6.45, 7) is 4.86. The summed E-state index contributed by atoms with van der Waals surface area (Å²) in [6, 6.07) is 16.7. The molecule has 2 aliphatic rings. The standard InChI is InChI=1S/C30H25FN6O2/c1-30(2,29-35-26-27(36-29)33-15-14-32-26)24-19-5-3-6-21(31)25(19)39-28-20(24)12-13-22(34-28)17-8-10-18(11-9-17)37-16-4-7-23(37)38/h3,5-6,8-15,24H,4,7,16H2,1-2H3,(H,32,33,35,36). The van der Waals surface area contributed by atoms with Gasteiger partial charge in [-0.15, -0.1) is 0 Å². The fourth-order valence-electron chi connectivity index (χ4n) is 5.74. The number of carbonyl (C=O) groups is 1. The normalized spacial score (nSPS) is 16.7. The Morgan fingerprint density at radius 2 is 1.82 bits per heavy atom. The van der Waals surface area contributed by atoms with Crippen LogP contribution in [0, 0.1) is 5.82 Å². The molecule has 3 aromatic heterocycles. The van der Waals surface area contributed by atoms with E-state index in [1.165, 1.54) is 6.07 Å². The highest BCUT2D eigenvalue weighted by Crippen LogP contribution is 2.52. The Morgan fingerprint density at radius 3 is 2.59 bits per heavy atom. The van der Waals surface area contributed by atoms with Crippen LogP contribution in [0.25, 0.3) is 22.6 Å². The van der Waals surface area contributed by atoms with Crippen LogP contribution in [-0.4, -0.2) is 37.4 Å². The number of para-hydroxylation sites is 1. The number of nitrogens with zero attached hydrogens (tertiary/aromatic N) is 5. The second kappa shape index (κ2) is 8.69. The molecule has 0 radical (unpaired) electrons. The Balaban J connectivity index is 1.31. The van der Waals surface area contributed by atoms with Crippen molar-refractivity contribution < 1.29 is 13.9 Å². The van der Waals surface area contributed by atoms with Crippen molar-refractivity contribution in [2.45, 2.75) is 38.0 Å². The molecular formula is C30H25FN6O2. The number of halogens is 1. The van der Waals surface area contributed by atoms with Gasteiger partial charge in [0.15, 0.2) is 22.9 Å². The largest absolute Gasteiger partial charge is 0.435 e. The van der Waals surface area contributed by atoms with Crippen molar-refractivity contribution in [3.05, 3.63) is 89.8 Å². The van der Waals surface area contributed by atoms with Gasteiger partial charge in [0, 0.05) is 59.1 Å². The number of hydrogen-bond acceptors (Lipinski definition) is 6. The van der Waals surface area contributed by atoms with Crippen molar-refractivity contribution in [3.8, 4) is 22.9 Å². The van der Waals surface area contributed by atoms with Crippen LogP contribution in [0.1, 0.15) is 49.6 Å². The highest BCUT2D eigenvalue weighted by molar-refractivity contribution is 5.95. The van der Waals surface area contributed by atoms with Gasteiger partial charge in [0.2, 0.25) is 11.8 Å². The quantitative estimate of drug-likeness (QED) is 0.317. The van der Waals surface area contributed by atoms with E-state index in [4.69, 9.17) is 14.7 Å². The van der Waals surface area contributed by atoms with E-state index in [2.05, 4.69) is 28.8 Å². The molecule has 1 saturated heterocycles. The molecule has 0 saturated carbocycles. The first-order valence-electron chi connectivity index (χ1n) is 13.0. The summed E-state index contributed by atoms with van der Waals surface area (Å²) in [5, 5.41) is 0. The minimum Gasteiger partial charge on any atom is -0.435 e. The molecule has 9 heteroatoms. The van der Waals surface area contributed by atoms with Gasteiger partial charge in [0.25, 0.3) is 0 Å². The molecule has 0 aliphatic carbocycles. The van der Waals surface area contributed by atoms with Gasteiger partial charge in [-0.05, 0) is 30.7 Å². The molecule has 5 heterocycles. The third-order valence-electron chi connectivity index (χ3n) is 7.72. The van der Waals surface area contributed by atoms with E-state index < -0.39 is 11.2 Å². The lowest BCUT2D eigenvalue weighted by Gasteiger charge is -2.37. The molecule has 39 heavy (non-hydrogen) atoms. The van der Waals surface area contributed by atoms with Crippen LogP contribution in [0.5, 0.6) is 11.6 Å². The summed E-state index contributed by atoms with van der Waals surface area (Å²) >= 11 is 0. The number of H-pyrrole nitrogens is 1. The summed E-state index contributed by atoms with van der Waals surface area (Å²) in [5.74, 6) is 0.606. The van der Waals surface area contributed by atoms with E-state index in [0.29, 0.717) is 35.1 Å². The predicted octanol–water partition coefficient (Wildman–Crippen LogP) is 5.90. The third-order valence-corrected chi connectivity index (χ3v) is 7.72. The van der Waals surface area contributed by atoms with Gasteiger partial charge in [0.05, 0.1) is 5.69 Å². The van der Waals surface area contributed by atoms with Crippen molar-refractivity contribution in [2.75, 3.05) is 11.4 Å². The number of hydrogen-bond donors (Lipinski definition) is 1. The first kappa shape index (κ1) is 23.5. The SMILES string of the molecule is CC(C)(c1nc2nccnc2[nH]1)C1c2ccc(-c3ccc(N4CCCC4=O)cc3)nc2Oc2c(F)cccc21. The monoisotopic (exact) mass is 520 g/mol. The van der Waals surface area contributed by atoms with Crippen LogP contribution in [-0.2, 0) is 10.2 Å². The maximum absolute atomic E-state index is 15.1. The second-order valence-electron chi connectivity index (χ2n) is 10.5. The Kier molecular flexibility index (Phi) is 5.23. The number of aromatic amines is 1. The zero-order chi connectivity index (χ0) is 26.7. The molecular weight excluding hydrogens is 495 g/mol. The number of rotatable bonds is 4. The molecule has 7 rings (SSSR count). The number of fused-ring (bicyclic) bond motifs is 3. The highest BCUT2D eigenvalue weighted by Gasteiger charge is 2.43. The van der Waals surface area contributed by atoms with Gasteiger partial charge >= 0.3 is 0 Å². The molecule has 1 fully saturated rings. The molecule has 1 atom stereocenters. The minimum absolute atomic E-state index is 0.147. The van der Waals surface area contributed by atoms with Gasteiger partial charge in [-0.25, -0.2) is 24.3 Å². The number of carbonyl (C=O) groups excluding carboxylic acids is 1. The Hall–Kier alpha value is -4.66. The minimum atomic E-state index is -0.615. The van der Waals surface area contributed by atoms with E-state index >= 15 is 4.39 Å². The molecule has 0 bridgehead atoms. The van der Waals surface area contributed by atoms with Crippen molar-refractivity contribution in [1.29, 1.82) is 0 Å². The lowest BCUT2D eigenvalue weighted by atomic mass is 9.69. The number of aromatic nitrogens is 5. The van der Waals surface area contributed by atoms with Gasteiger partial charge in [-0.3, -0.25) is 4.79 Å². The Morgan fingerprint density at radius 1 is 1.00 bits per heavy atom. The average Bonchev–Trinajstić information content (AvgIpc) is 3.59. The van der Waals surface area contributed by atoms with Crippen molar-refractivity contribution in [2.24, 2.45) is 0 Å². The van der Waals surface area contributed by atoms with E-state index in [0.717, 1.165) is 35.3 Å². The van der Waals surface area contributed by atoms with E-state index in [1.807, 2.05) is 47.4 Å². The van der Waals surface area contributed by atoms with Gasteiger partial charge < -0.3 is 14.6 Å². The summed E-state index contributed by atoms with van der Waals surface area (Å²) < 4.78 is 21.2. The maximum atomic E-state index is 15.1. The van der Waals surface area contributed by atoms with Gasteiger partial charge in [-0.1, -0.05) is 44.2 Å². The predicted molar refractivity (Wildman–Crippen MR) is 144 cm³/mol. The fourth-order valence-corrected chi connectivity index (χ4v) is 5.74. The molecule has 8 nitrogen and oxygen atoms in total. The van der Waals surface area contributed by atoms with Gasteiger partial charge in [0.1, 0.15) is 5.82 Å². The van der Waals surface area contributed by atoms with Crippen LogP contribution in [0.15, 0.2) is 67.0 Å². The van der Waals surface area contributed by atoms with E-state index in [1.54, 1.807) is 18.5 Å².